The van der Waals surface area contributed by atoms with E-state index in [9.17, 15) is 0 Å². The van der Waals surface area contributed by atoms with E-state index in [2.05, 4.69) is 51.2 Å². The summed E-state index contributed by atoms with van der Waals surface area (Å²) in [7, 11) is 3.71. The van der Waals surface area contributed by atoms with Crippen molar-refractivity contribution in [3.63, 3.8) is 0 Å². The number of ether oxygens (including phenoxy) is 1. The van der Waals surface area contributed by atoms with Crippen LogP contribution < -0.4 is 15.8 Å². The molecule has 19 heavy (non-hydrogen) atoms. The first-order chi connectivity index (χ1) is 8.87. The number of hydrogen-bond donors (Lipinski definition) is 2. The van der Waals surface area contributed by atoms with Gasteiger partial charge in [0.1, 0.15) is 5.75 Å². The lowest BCUT2D eigenvalue weighted by Gasteiger charge is -2.34. The molecule has 0 heterocycles. The van der Waals surface area contributed by atoms with Crippen LogP contribution >= 0.6 is 0 Å². The number of nitrogens with one attached hydrogen (secondary N) is 1. The van der Waals surface area contributed by atoms with Gasteiger partial charge in [0, 0.05) is 6.04 Å². The quantitative estimate of drug-likeness (QED) is 0.830. The second-order valence-electron chi connectivity index (χ2n) is 6.07. The van der Waals surface area contributed by atoms with E-state index in [4.69, 9.17) is 10.5 Å². The minimum absolute atomic E-state index is 0.0115. The Bertz CT molecular complexity index is 413. The van der Waals surface area contributed by atoms with Gasteiger partial charge in [0.2, 0.25) is 0 Å². The van der Waals surface area contributed by atoms with Crippen molar-refractivity contribution < 1.29 is 4.74 Å². The maximum Gasteiger partial charge on any atom is 0.122 e. The normalized spacial score (nSPS) is 13.7. The van der Waals surface area contributed by atoms with Gasteiger partial charge in [0.25, 0.3) is 0 Å². The molecule has 108 valence electrons. The molecule has 0 fully saturated rings. The lowest BCUT2D eigenvalue weighted by Crippen LogP contribution is -2.37. The minimum Gasteiger partial charge on any atom is -0.496 e. The van der Waals surface area contributed by atoms with Crippen LogP contribution in [-0.2, 0) is 0 Å². The number of hydrogen-bond acceptors (Lipinski definition) is 3. The van der Waals surface area contributed by atoms with E-state index in [0.29, 0.717) is 12.5 Å². The Labute approximate surface area is 117 Å². The van der Waals surface area contributed by atoms with Crippen molar-refractivity contribution in [2.24, 2.45) is 11.1 Å². The zero-order valence-electron chi connectivity index (χ0n) is 13.1. The summed E-state index contributed by atoms with van der Waals surface area (Å²) in [6.07, 6.45) is 0. The monoisotopic (exact) mass is 264 g/mol. The van der Waals surface area contributed by atoms with E-state index in [1.807, 2.05) is 7.05 Å². The van der Waals surface area contributed by atoms with Crippen LogP contribution in [0.25, 0.3) is 0 Å². The summed E-state index contributed by atoms with van der Waals surface area (Å²) in [6.45, 7) is 9.39. The summed E-state index contributed by atoms with van der Waals surface area (Å²) in [5.41, 5.74) is 8.43. The molecule has 1 rings (SSSR count). The average Bonchev–Trinajstić information content (AvgIpc) is 2.39. The number of methoxy groups -OCH3 is 1. The highest BCUT2D eigenvalue weighted by molar-refractivity contribution is 5.40. The van der Waals surface area contributed by atoms with Crippen molar-refractivity contribution in [3.8, 4) is 5.75 Å². The first-order valence-corrected chi connectivity index (χ1v) is 6.92. The fraction of sp³-hybridized carbons (Fsp3) is 0.625. The molecule has 1 atom stereocenters. The molecule has 1 aromatic rings. The third-order valence-corrected chi connectivity index (χ3v) is 3.81. The summed E-state index contributed by atoms with van der Waals surface area (Å²) >= 11 is 0. The Morgan fingerprint density at radius 1 is 1.32 bits per heavy atom. The Morgan fingerprint density at radius 3 is 2.37 bits per heavy atom. The molecule has 0 aliphatic carbocycles. The van der Waals surface area contributed by atoms with Crippen LogP contribution in [0.2, 0.25) is 0 Å². The fourth-order valence-electron chi connectivity index (χ4n) is 2.51. The largest absolute Gasteiger partial charge is 0.496 e. The fourth-order valence-corrected chi connectivity index (χ4v) is 2.51. The van der Waals surface area contributed by atoms with Gasteiger partial charge >= 0.3 is 0 Å². The van der Waals surface area contributed by atoms with E-state index in [1.165, 1.54) is 11.1 Å². The minimum atomic E-state index is 0.0115. The Hall–Kier alpha value is -1.06. The zero-order chi connectivity index (χ0) is 14.6. The lowest BCUT2D eigenvalue weighted by atomic mass is 9.79. The molecule has 1 unspecified atom stereocenters. The van der Waals surface area contributed by atoms with Crippen LogP contribution in [0, 0.1) is 5.41 Å². The van der Waals surface area contributed by atoms with Crippen LogP contribution in [0.15, 0.2) is 18.2 Å². The van der Waals surface area contributed by atoms with Crippen LogP contribution in [0.4, 0.5) is 0 Å². The molecule has 0 bridgehead atoms. The molecule has 0 saturated heterocycles. The van der Waals surface area contributed by atoms with Crippen LogP contribution in [-0.4, -0.2) is 20.7 Å². The highest BCUT2D eigenvalue weighted by atomic mass is 16.5. The second-order valence-corrected chi connectivity index (χ2v) is 6.07. The van der Waals surface area contributed by atoms with E-state index < -0.39 is 0 Å². The van der Waals surface area contributed by atoms with Gasteiger partial charge < -0.3 is 15.8 Å². The topological polar surface area (TPSA) is 47.3 Å². The molecule has 0 amide bonds. The predicted octanol–water partition coefficient (Wildman–Crippen LogP) is 3.06. The molecular weight excluding hydrogens is 236 g/mol. The van der Waals surface area contributed by atoms with E-state index in [0.717, 1.165) is 5.75 Å². The Balaban J connectivity index is 3.23. The van der Waals surface area contributed by atoms with Crippen LogP contribution in [0.3, 0.4) is 0 Å². The van der Waals surface area contributed by atoms with Crippen LogP contribution in [0.1, 0.15) is 50.8 Å². The highest BCUT2D eigenvalue weighted by Crippen LogP contribution is 2.36. The molecule has 0 aromatic heterocycles. The maximum atomic E-state index is 5.91. The second kappa shape index (κ2) is 6.40. The molecule has 3 heteroatoms. The molecular formula is C16H28N2O. The van der Waals surface area contributed by atoms with Gasteiger partial charge in [-0.1, -0.05) is 39.8 Å². The zero-order valence-corrected chi connectivity index (χ0v) is 13.1. The molecule has 0 spiro atoms. The molecule has 0 saturated carbocycles. The summed E-state index contributed by atoms with van der Waals surface area (Å²) in [6, 6.07) is 6.66. The number of benzene rings is 1. The van der Waals surface area contributed by atoms with Gasteiger partial charge in [0.15, 0.2) is 0 Å². The van der Waals surface area contributed by atoms with E-state index in [-0.39, 0.29) is 11.5 Å². The molecule has 3 N–H and O–H groups in total. The van der Waals surface area contributed by atoms with Crippen molar-refractivity contribution in [1.29, 1.82) is 0 Å². The van der Waals surface area contributed by atoms with Gasteiger partial charge in [-0.05, 0) is 42.1 Å². The standard InChI is InChI=1S/C16H28N2O/c1-11(2)13-9-12(7-8-14(13)19-6)15(18-5)16(3,4)10-17/h7-9,11,15,18H,10,17H2,1-6H3. The van der Waals surface area contributed by atoms with E-state index in [1.54, 1.807) is 7.11 Å². The van der Waals surface area contributed by atoms with E-state index >= 15 is 0 Å². The van der Waals surface area contributed by atoms with Crippen molar-refractivity contribution in [3.05, 3.63) is 29.3 Å². The summed E-state index contributed by atoms with van der Waals surface area (Å²) in [5.74, 6) is 1.40. The van der Waals surface area contributed by atoms with Gasteiger partial charge in [-0.2, -0.15) is 0 Å². The summed E-state index contributed by atoms with van der Waals surface area (Å²) < 4.78 is 5.44. The molecule has 3 nitrogen and oxygen atoms in total. The molecule has 1 aromatic carbocycles. The van der Waals surface area contributed by atoms with Crippen molar-refractivity contribution in [2.45, 2.75) is 39.7 Å². The molecule has 0 aliphatic rings. The highest BCUT2D eigenvalue weighted by Gasteiger charge is 2.28. The Kier molecular flexibility index (Phi) is 5.39. The van der Waals surface area contributed by atoms with Gasteiger partial charge in [0.05, 0.1) is 7.11 Å². The lowest BCUT2D eigenvalue weighted by molar-refractivity contribution is 0.265. The van der Waals surface area contributed by atoms with Gasteiger partial charge in [-0.3, -0.25) is 0 Å². The van der Waals surface area contributed by atoms with Crippen LogP contribution in [0.5, 0.6) is 5.75 Å². The Morgan fingerprint density at radius 2 is 1.95 bits per heavy atom. The number of nitrogens with two attached hydrogens (primary N) is 1. The smallest absolute Gasteiger partial charge is 0.122 e. The molecule has 0 aliphatic heterocycles. The maximum absolute atomic E-state index is 5.91. The third kappa shape index (κ3) is 3.48. The average molecular weight is 264 g/mol. The van der Waals surface area contributed by atoms with Crippen molar-refractivity contribution >= 4 is 0 Å². The first-order valence-electron chi connectivity index (χ1n) is 6.92. The molecule has 0 radical (unpaired) electrons. The first kappa shape index (κ1) is 16.0. The van der Waals surface area contributed by atoms with Crippen molar-refractivity contribution in [2.75, 3.05) is 20.7 Å². The van der Waals surface area contributed by atoms with Gasteiger partial charge in [-0.15, -0.1) is 0 Å². The number of rotatable bonds is 6. The van der Waals surface area contributed by atoms with Gasteiger partial charge in [-0.25, -0.2) is 0 Å². The third-order valence-electron chi connectivity index (χ3n) is 3.81. The SMILES string of the molecule is CNC(c1ccc(OC)c(C(C)C)c1)C(C)(C)CN. The summed E-state index contributed by atoms with van der Waals surface area (Å²) in [4.78, 5) is 0. The van der Waals surface area contributed by atoms with Crippen molar-refractivity contribution in [1.82, 2.24) is 5.32 Å². The summed E-state index contributed by atoms with van der Waals surface area (Å²) in [5, 5.41) is 3.39. The predicted molar refractivity (Wildman–Crippen MR) is 81.7 cm³/mol.